The Morgan fingerprint density at radius 2 is 1.84 bits per heavy atom. The Morgan fingerprint density at radius 3 is 2.55 bits per heavy atom. The lowest BCUT2D eigenvalue weighted by molar-refractivity contribution is -0.384. The number of carbonyl (C=O) groups is 1. The van der Waals surface area contributed by atoms with Gasteiger partial charge in [0.15, 0.2) is 5.11 Å². The van der Waals surface area contributed by atoms with E-state index in [0.29, 0.717) is 11.7 Å². The van der Waals surface area contributed by atoms with Crippen molar-refractivity contribution in [2.75, 3.05) is 11.9 Å². The van der Waals surface area contributed by atoms with Crippen LogP contribution in [0, 0.1) is 17.0 Å². The summed E-state index contributed by atoms with van der Waals surface area (Å²) in [6.07, 6.45) is 3.89. The number of rotatable bonds is 8. The summed E-state index contributed by atoms with van der Waals surface area (Å²) in [6, 6.07) is 23.2. The highest BCUT2D eigenvalue weighted by Crippen LogP contribution is 2.39. The molecule has 192 valence electrons. The average Bonchev–Trinajstić information content (AvgIpc) is 3.53. The zero-order chi connectivity index (χ0) is 26.6. The largest absolute Gasteiger partial charge is 0.352 e. The van der Waals surface area contributed by atoms with Gasteiger partial charge in [0.25, 0.3) is 5.69 Å². The normalized spacial score (nSPS) is 16.8. The van der Waals surface area contributed by atoms with Crippen LogP contribution in [0.1, 0.15) is 35.5 Å². The van der Waals surface area contributed by atoms with Crippen molar-refractivity contribution in [1.82, 2.24) is 19.8 Å². The molecule has 2 aromatic heterocycles. The molecule has 1 saturated heterocycles. The van der Waals surface area contributed by atoms with E-state index in [1.165, 1.54) is 12.1 Å². The maximum atomic E-state index is 12.9. The molecule has 1 aliphatic heterocycles. The van der Waals surface area contributed by atoms with Crippen LogP contribution in [-0.4, -0.2) is 36.9 Å². The van der Waals surface area contributed by atoms with Gasteiger partial charge in [0.1, 0.15) is 0 Å². The van der Waals surface area contributed by atoms with E-state index in [0.717, 1.165) is 28.3 Å². The maximum absolute atomic E-state index is 12.9. The molecule has 0 bridgehead atoms. The number of nitrogens with one attached hydrogen (secondary N) is 2. The number of aromatic nitrogens is 2. The molecule has 2 N–H and O–H groups in total. The van der Waals surface area contributed by atoms with E-state index in [2.05, 4.69) is 15.6 Å². The fraction of sp³-hybridized carbons (Fsp3) is 0.179. The number of amides is 1. The monoisotopic (exact) mass is 526 g/mol. The van der Waals surface area contributed by atoms with Gasteiger partial charge in [-0.05, 0) is 67.2 Å². The third-order valence-corrected chi connectivity index (χ3v) is 6.97. The first-order chi connectivity index (χ1) is 18.4. The Hall–Kier alpha value is -4.57. The number of nitro groups is 1. The third-order valence-electron chi connectivity index (χ3n) is 6.62. The number of pyridine rings is 1. The molecule has 10 heteroatoms. The molecule has 1 fully saturated rings. The summed E-state index contributed by atoms with van der Waals surface area (Å²) < 4.78 is 1.99. The van der Waals surface area contributed by atoms with Crippen LogP contribution < -0.4 is 10.6 Å². The third kappa shape index (κ3) is 5.12. The highest BCUT2D eigenvalue weighted by atomic mass is 32.1. The Kier molecular flexibility index (Phi) is 7.14. The molecule has 0 aliphatic carbocycles. The molecule has 1 aliphatic rings. The van der Waals surface area contributed by atoms with Gasteiger partial charge in [-0.3, -0.25) is 19.9 Å². The van der Waals surface area contributed by atoms with Gasteiger partial charge in [0.05, 0.1) is 22.7 Å². The van der Waals surface area contributed by atoms with Crippen molar-refractivity contribution < 1.29 is 9.72 Å². The van der Waals surface area contributed by atoms with Crippen LogP contribution in [-0.2, 0) is 4.79 Å². The number of hydrogen-bond donors (Lipinski definition) is 2. The van der Waals surface area contributed by atoms with Gasteiger partial charge < -0.3 is 20.1 Å². The summed E-state index contributed by atoms with van der Waals surface area (Å²) in [6.45, 7) is 2.35. The number of carbonyl (C=O) groups excluding carboxylic acids is 1. The molecule has 38 heavy (non-hydrogen) atoms. The van der Waals surface area contributed by atoms with Crippen molar-refractivity contribution in [1.29, 1.82) is 0 Å². The average molecular weight is 527 g/mol. The van der Waals surface area contributed by atoms with Crippen LogP contribution in [0.4, 0.5) is 11.4 Å². The topological polar surface area (TPSA) is 105 Å². The van der Waals surface area contributed by atoms with Crippen LogP contribution in [0.5, 0.6) is 0 Å². The number of anilines is 1. The van der Waals surface area contributed by atoms with Gasteiger partial charge in [-0.25, -0.2) is 0 Å². The first kappa shape index (κ1) is 25.1. The zero-order valence-electron chi connectivity index (χ0n) is 20.7. The fourth-order valence-electron chi connectivity index (χ4n) is 4.72. The lowest BCUT2D eigenvalue weighted by Gasteiger charge is -2.29. The minimum atomic E-state index is -0.416. The van der Waals surface area contributed by atoms with E-state index < -0.39 is 4.92 Å². The second-order valence-electron chi connectivity index (χ2n) is 9.01. The van der Waals surface area contributed by atoms with Gasteiger partial charge in [-0.1, -0.05) is 24.3 Å². The molecule has 1 amide bonds. The maximum Gasteiger partial charge on any atom is 0.269 e. The summed E-state index contributed by atoms with van der Waals surface area (Å²) in [5.41, 5.74) is 4.33. The van der Waals surface area contributed by atoms with Gasteiger partial charge in [-0.2, -0.15) is 0 Å². The number of para-hydroxylation sites is 1. The Balaban J connectivity index is 1.45. The second-order valence-corrected chi connectivity index (χ2v) is 9.40. The van der Waals surface area contributed by atoms with Gasteiger partial charge in [0, 0.05) is 54.6 Å². The first-order valence-corrected chi connectivity index (χ1v) is 12.6. The van der Waals surface area contributed by atoms with Crippen LogP contribution >= 0.6 is 12.2 Å². The summed E-state index contributed by atoms with van der Waals surface area (Å²) in [7, 11) is 0. The highest BCUT2D eigenvalue weighted by molar-refractivity contribution is 7.80. The van der Waals surface area contributed by atoms with Gasteiger partial charge in [-0.15, -0.1) is 0 Å². The molecule has 5 rings (SSSR count). The highest BCUT2D eigenvalue weighted by Gasteiger charge is 2.41. The molecule has 0 saturated carbocycles. The van der Waals surface area contributed by atoms with Crippen molar-refractivity contribution in [3.05, 3.63) is 118 Å². The zero-order valence-corrected chi connectivity index (χ0v) is 21.5. The van der Waals surface area contributed by atoms with Crippen molar-refractivity contribution in [3.8, 4) is 5.69 Å². The molecule has 0 spiro atoms. The summed E-state index contributed by atoms with van der Waals surface area (Å²) in [5.74, 6) is -0.104. The van der Waals surface area contributed by atoms with E-state index in [-0.39, 0.29) is 30.1 Å². The molecular formula is C28H26N6O3S. The van der Waals surface area contributed by atoms with E-state index in [4.69, 9.17) is 12.2 Å². The molecule has 9 nitrogen and oxygen atoms in total. The molecule has 3 heterocycles. The Bertz CT molecular complexity index is 1470. The SMILES string of the molecule is Cc1ccccc1NC(=O)CCN1C(=S)N[C@@H](c2ccccn2)[C@H]1c1cccn1-c1ccc([N+](=O)[O-])cc1. The molecule has 0 unspecified atom stereocenters. The van der Waals surface area contributed by atoms with Crippen molar-refractivity contribution in [3.63, 3.8) is 0 Å². The van der Waals surface area contributed by atoms with Crippen molar-refractivity contribution in [2.24, 2.45) is 0 Å². The predicted molar refractivity (Wildman–Crippen MR) is 149 cm³/mol. The minimum absolute atomic E-state index is 0.0267. The van der Waals surface area contributed by atoms with Gasteiger partial charge in [0.2, 0.25) is 5.91 Å². The number of non-ortho nitro benzene ring substituents is 1. The van der Waals surface area contributed by atoms with E-state index in [1.807, 2.05) is 77.2 Å². The fourth-order valence-corrected chi connectivity index (χ4v) is 5.05. The standard InChI is InChI=1S/C28H26N6O3S/c1-19-7-2-3-8-22(19)30-25(35)15-18-33-27(26(31-28(33)38)23-9-4-5-16-29-23)24-10-6-17-32(24)20-11-13-21(14-12-20)34(36)37/h2-14,16-17,26-27H,15,18H2,1H3,(H,30,35)(H,31,38)/t26-,27+/m0/s1. The molecular weight excluding hydrogens is 500 g/mol. The quantitative estimate of drug-likeness (QED) is 0.187. The van der Waals surface area contributed by atoms with Crippen LogP contribution in [0.15, 0.2) is 91.3 Å². The van der Waals surface area contributed by atoms with Gasteiger partial charge >= 0.3 is 0 Å². The number of nitrogens with zero attached hydrogens (tertiary/aromatic N) is 4. The van der Waals surface area contributed by atoms with Crippen LogP contribution in [0.3, 0.4) is 0 Å². The van der Waals surface area contributed by atoms with Crippen molar-refractivity contribution in [2.45, 2.75) is 25.4 Å². The second kappa shape index (κ2) is 10.8. The molecule has 2 aromatic carbocycles. The number of nitro benzene ring substituents is 1. The molecule has 0 radical (unpaired) electrons. The summed E-state index contributed by atoms with van der Waals surface area (Å²) in [4.78, 5) is 30.2. The summed E-state index contributed by atoms with van der Waals surface area (Å²) in [5, 5.41) is 18.1. The van der Waals surface area contributed by atoms with Crippen LogP contribution in [0.2, 0.25) is 0 Å². The number of aryl methyl sites for hydroxylation is 1. The number of hydrogen-bond acceptors (Lipinski definition) is 5. The van der Waals surface area contributed by atoms with Crippen LogP contribution in [0.25, 0.3) is 5.69 Å². The minimum Gasteiger partial charge on any atom is -0.352 e. The smallest absolute Gasteiger partial charge is 0.269 e. The summed E-state index contributed by atoms with van der Waals surface area (Å²) >= 11 is 5.75. The molecule has 2 atom stereocenters. The Morgan fingerprint density at radius 1 is 1.08 bits per heavy atom. The van der Waals surface area contributed by atoms with E-state index in [9.17, 15) is 14.9 Å². The molecule has 4 aromatic rings. The number of thiocarbonyl (C=S) groups is 1. The predicted octanol–water partition coefficient (Wildman–Crippen LogP) is 5.09. The first-order valence-electron chi connectivity index (χ1n) is 12.2. The van der Waals surface area contributed by atoms with E-state index in [1.54, 1.807) is 18.3 Å². The lowest BCUT2D eigenvalue weighted by atomic mass is 10.0. The Labute approximate surface area is 225 Å². The lowest BCUT2D eigenvalue weighted by Crippen LogP contribution is -2.33. The van der Waals surface area contributed by atoms with E-state index >= 15 is 0 Å². The number of benzene rings is 2. The van der Waals surface area contributed by atoms with Crippen molar-refractivity contribution >= 4 is 34.6 Å².